The van der Waals surface area contributed by atoms with Crippen LogP contribution in [-0.2, 0) is 10.2 Å². The van der Waals surface area contributed by atoms with Crippen LogP contribution in [0.3, 0.4) is 0 Å². The number of ether oxygens (including phenoxy) is 1. The molecule has 0 atom stereocenters. The SMILES string of the molecule is O=CC1(c2cccc(OC(F)(F)F)c2)CC(F)(F)C1. The molecule has 0 aliphatic heterocycles. The van der Waals surface area contributed by atoms with Crippen molar-refractivity contribution in [1.29, 1.82) is 0 Å². The summed E-state index contributed by atoms with van der Waals surface area (Å²) in [5, 5.41) is 0. The maximum atomic E-state index is 12.9. The van der Waals surface area contributed by atoms with Crippen molar-refractivity contribution >= 4 is 6.29 Å². The Hall–Kier alpha value is -1.66. The van der Waals surface area contributed by atoms with Crippen LogP contribution >= 0.6 is 0 Å². The number of carbonyl (C=O) groups excluding carboxylic acids is 1. The molecule has 1 saturated carbocycles. The lowest BCUT2D eigenvalue weighted by atomic mass is 9.63. The van der Waals surface area contributed by atoms with Crippen LogP contribution in [0, 0.1) is 0 Å². The number of benzene rings is 1. The van der Waals surface area contributed by atoms with E-state index in [-0.39, 0.29) is 5.56 Å². The molecule has 1 aliphatic rings. The van der Waals surface area contributed by atoms with Crippen LogP contribution in [-0.4, -0.2) is 18.6 Å². The van der Waals surface area contributed by atoms with Gasteiger partial charge in [0, 0.05) is 12.8 Å². The predicted molar refractivity (Wildman–Crippen MR) is 55.0 cm³/mol. The zero-order valence-electron chi connectivity index (χ0n) is 9.51. The summed E-state index contributed by atoms with van der Waals surface area (Å²) < 4.78 is 65.7. The minimum absolute atomic E-state index is 0.107. The Balaban J connectivity index is 2.26. The largest absolute Gasteiger partial charge is 0.573 e. The fourth-order valence-corrected chi connectivity index (χ4v) is 2.23. The molecule has 0 spiro atoms. The van der Waals surface area contributed by atoms with E-state index in [2.05, 4.69) is 4.74 Å². The van der Waals surface area contributed by atoms with E-state index in [9.17, 15) is 26.7 Å². The van der Waals surface area contributed by atoms with Gasteiger partial charge >= 0.3 is 6.36 Å². The van der Waals surface area contributed by atoms with Crippen molar-refractivity contribution in [1.82, 2.24) is 0 Å². The summed E-state index contributed by atoms with van der Waals surface area (Å²) in [5.41, 5.74) is -1.32. The summed E-state index contributed by atoms with van der Waals surface area (Å²) in [6.07, 6.45) is -5.90. The molecule has 19 heavy (non-hydrogen) atoms. The molecule has 1 aromatic rings. The van der Waals surface area contributed by atoms with Crippen molar-refractivity contribution in [3.05, 3.63) is 29.8 Å². The van der Waals surface area contributed by atoms with E-state index in [1.165, 1.54) is 12.1 Å². The van der Waals surface area contributed by atoms with Gasteiger partial charge in [0.2, 0.25) is 0 Å². The van der Waals surface area contributed by atoms with Crippen molar-refractivity contribution in [2.24, 2.45) is 0 Å². The molecule has 0 bridgehead atoms. The first-order chi connectivity index (χ1) is 8.66. The Kier molecular flexibility index (Phi) is 3.03. The summed E-state index contributed by atoms with van der Waals surface area (Å²) in [6.45, 7) is 0. The zero-order chi connectivity index (χ0) is 14.3. The quantitative estimate of drug-likeness (QED) is 0.626. The molecule has 0 N–H and O–H groups in total. The maximum absolute atomic E-state index is 12.9. The van der Waals surface area contributed by atoms with Gasteiger partial charge in [0.05, 0.1) is 5.41 Å². The van der Waals surface area contributed by atoms with Gasteiger partial charge in [-0.1, -0.05) is 12.1 Å². The van der Waals surface area contributed by atoms with Crippen molar-refractivity contribution in [3.8, 4) is 5.75 Å². The highest BCUT2D eigenvalue weighted by molar-refractivity contribution is 5.71. The number of hydrogen-bond donors (Lipinski definition) is 0. The number of hydrogen-bond acceptors (Lipinski definition) is 2. The lowest BCUT2D eigenvalue weighted by Crippen LogP contribution is -2.50. The smallest absolute Gasteiger partial charge is 0.406 e. The van der Waals surface area contributed by atoms with Gasteiger partial charge in [-0.3, -0.25) is 0 Å². The summed E-state index contributed by atoms with van der Waals surface area (Å²) in [6, 6.07) is 4.59. The van der Waals surface area contributed by atoms with E-state index < -0.39 is 36.3 Å². The number of halogens is 5. The highest BCUT2D eigenvalue weighted by Gasteiger charge is 2.57. The molecule has 1 fully saturated rings. The third kappa shape index (κ3) is 2.85. The van der Waals surface area contributed by atoms with Crippen LogP contribution in [0.4, 0.5) is 22.0 Å². The fraction of sp³-hybridized carbons (Fsp3) is 0.417. The first kappa shape index (κ1) is 13.8. The number of carbonyl (C=O) groups is 1. The topological polar surface area (TPSA) is 26.3 Å². The number of aldehydes is 1. The van der Waals surface area contributed by atoms with Crippen molar-refractivity contribution in [3.63, 3.8) is 0 Å². The van der Waals surface area contributed by atoms with Gasteiger partial charge < -0.3 is 9.53 Å². The molecule has 104 valence electrons. The van der Waals surface area contributed by atoms with Crippen LogP contribution < -0.4 is 4.74 Å². The van der Waals surface area contributed by atoms with Crippen molar-refractivity contribution < 1.29 is 31.5 Å². The molecule has 7 heteroatoms. The van der Waals surface area contributed by atoms with E-state index in [0.717, 1.165) is 12.1 Å². The summed E-state index contributed by atoms with van der Waals surface area (Å²) in [7, 11) is 0. The average molecular weight is 280 g/mol. The van der Waals surface area contributed by atoms with E-state index in [4.69, 9.17) is 0 Å². The molecule has 0 amide bonds. The Morgan fingerprint density at radius 3 is 2.32 bits per heavy atom. The second-order valence-electron chi connectivity index (χ2n) is 4.56. The standard InChI is InChI=1S/C12H9F5O2/c13-11(14)5-10(6-11,7-18)8-2-1-3-9(4-8)19-12(15,16)17/h1-4,7H,5-6H2. The van der Waals surface area contributed by atoms with Crippen LogP contribution in [0.1, 0.15) is 18.4 Å². The van der Waals surface area contributed by atoms with Gasteiger partial charge in [-0.25, -0.2) is 8.78 Å². The van der Waals surface area contributed by atoms with Crippen LogP contribution in [0.15, 0.2) is 24.3 Å². The second-order valence-corrected chi connectivity index (χ2v) is 4.56. The highest BCUT2D eigenvalue weighted by Crippen LogP contribution is 2.52. The minimum atomic E-state index is -4.86. The Labute approximate surface area is 105 Å². The minimum Gasteiger partial charge on any atom is -0.406 e. The molecule has 0 heterocycles. The molecule has 0 aromatic heterocycles. The van der Waals surface area contributed by atoms with E-state index in [1.54, 1.807) is 0 Å². The third-order valence-corrected chi connectivity index (χ3v) is 3.02. The van der Waals surface area contributed by atoms with E-state index >= 15 is 0 Å². The van der Waals surface area contributed by atoms with E-state index in [0.29, 0.717) is 6.29 Å². The molecule has 1 aromatic carbocycles. The highest BCUT2D eigenvalue weighted by atomic mass is 19.4. The molecule has 0 radical (unpaired) electrons. The molecule has 2 nitrogen and oxygen atoms in total. The molecule has 1 aliphatic carbocycles. The van der Waals surface area contributed by atoms with Gasteiger partial charge in [0.25, 0.3) is 5.92 Å². The zero-order valence-corrected chi connectivity index (χ0v) is 9.51. The van der Waals surface area contributed by atoms with Crippen LogP contribution in [0.2, 0.25) is 0 Å². The molecule has 2 rings (SSSR count). The molecule has 0 unspecified atom stereocenters. The molecular formula is C12H9F5O2. The first-order valence-electron chi connectivity index (χ1n) is 5.36. The molecule has 0 saturated heterocycles. The number of rotatable bonds is 3. The normalized spacial score (nSPS) is 20.5. The molecular weight excluding hydrogens is 271 g/mol. The first-order valence-corrected chi connectivity index (χ1v) is 5.36. The lowest BCUT2D eigenvalue weighted by Gasteiger charge is -2.43. The van der Waals surface area contributed by atoms with Crippen molar-refractivity contribution in [2.75, 3.05) is 0 Å². The van der Waals surface area contributed by atoms with Gasteiger partial charge in [-0.2, -0.15) is 0 Å². The Morgan fingerprint density at radius 1 is 1.21 bits per heavy atom. The van der Waals surface area contributed by atoms with Crippen LogP contribution in [0.25, 0.3) is 0 Å². The summed E-state index contributed by atoms with van der Waals surface area (Å²) >= 11 is 0. The Bertz CT molecular complexity index is 487. The lowest BCUT2D eigenvalue weighted by molar-refractivity contribution is -0.274. The number of alkyl halides is 5. The predicted octanol–water partition coefficient (Wildman–Crippen LogP) is 3.45. The maximum Gasteiger partial charge on any atom is 0.573 e. The average Bonchev–Trinajstić information content (AvgIpc) is 2.23. The van der Waals surface area contributed by atoms with Gasteiger partial charge in [-0.15, -0.1) is 13.2 Å². The van der Waals surface area contributed by atoms with Crippen LogP contribution in [0.5, 0.6) is 5.75 Å². The third-order valence-electron chi connectivity index (χ3n) is 3.02. The summed E-state index contributed by atoms with van der Waals surface area (Å²) in [4.78, 5) is 11.0. The second kappa shape index (κ2) is 4.18. The fourth-order valence-electron chi connectivity index (χ4n) is 2.23. The van der Waals surface area contributed by atoms with Crippen molar-refractivity contribution in [2.45, 2.75) is 30.5 Å². The van der Waals surface area contributed by atoms with E-state index in [1.807, 2.05) is 0 Å². The van der Waals surface area contributed by atoms with Gasteiger partial charge in [0.15, 0.2) is 0 Å². The van der Waals surface area contributed by atoms with Gasteiger partial charge in [-0.05, 0) is 17.7 Å². The van der Waals surface area contributed by atoms with Gasteiger partial charge in [0.1, 0.15) is 12.0 Å². The summed E-state index contributed by atoms with van der Waals surface area (Å²) in [5.74, 6) is -3.48. The Morgan fingerprint density at radius 2 is 1.84 bits per heavy atom. The monoisotopic (exact) mass is 280 g/mol.